The Hall–Kier alpha value is -0.650. The molecular weight excluding hydrogens is 236 g/mol. The summed E-state index contributed by atoms with van der Waals surface area (Å²) >= 11 is 0. The third-order valence-corrected chi connectivity index (χ3v) is 4.50. The van der Waals surface area contributed by atoms with Gasteiger partial charge in [0.05, 0.1) is 12.7 Å². The van der Waals surface area contributed by atoms with E-state index >= 15 is 0 Å². The molecule has 0 unspecified atom stereocenters. The van der Waals surface area contributed by atoms with Gasteiger partial charge in [0.2, 0.25) is 0 Å². The zero-order chi connectivity index (χ0) is 13.1. The van der Waals surface area contributed by atoms with Gasteiger partial charge in [-0.2, -0.15) is 0 Å². The maximum Gasteiger partial charge on any atom is 0.315 e. The van der Waals surface area contributed by atoms with Crippen molar-refractivity contribution in [2.75, 3.05) is 13.2 Å². The van der Waals surface area contributed by atoms with E-state index in [2.05, 4.69) is 0 Å². The fraction of sp³-hybridized carbons (Fsp3) is 0.923. The average molecular weight is 256 g/mol. The van der Waals surface area contributed by atoms with Crippen LogP contribution in [0.25, 0.3) is 0 Å². The molecule has 3 rings (SSSR count). The summed E-state index contributed by atoms with van der Waals surface area (Å²) in [6.45, 7) is 5.90. The van der Waals surface area contributed by atoms with Gasteiger partial charge in [-0.25, -0.2) is 0 Å². The lowest BCUT2D eigenvalue weighted by Gasteiger charge is -2.22. The van der Waals surface area contributed by atoms with Gasteiger partial charge in [0.1, 0.15) is 11.5 Å². The first-order valence-corrected chi connectivity index (χ1v) is 6.60. The average Bonchev–Trinajstić information content (AvgIpc) is 2.86. The van der Waals surface area contributed by atoms with E-state index in [0.29, 0.717) is 6.61 Å². The van der Waals surface area contributed by atoms with Crippen LogP contribution >= 0.6 is 0 Å². The molecule has 5 heteroatoms. The van der Waals surface area contributed by atoms with Crippen molar-refractivity contribution in [1.29, 1.82) is 0 Å². The molecule has 0 radical (unpaired) electrons. The summed E-state index contributed by atoms with van der Waals surface area (Å²) in [7, 11) is 0. The SMILES string of the molecule is CCOC(=O)[C@@]12C[C@H]1[C@H](CO)[C@H]1OC(C)(C)O[C@H]12. The van der Waals surface area contributed by atoms with Crippen LogP contribution in [0.5, 0.6) is 0 Å². The Balaban J connectivity index is 1.89. The molecule has 2 saturated carbocycles. The Kier molecular flexibility index (Phi) is 2.53. The van der Waals surface area contributed by atoms with Crippen LogP contribution in [0.3, 0.4) is 0 Å². The predicted octanol–water partition coefficient (Wildman–Crippen LogP) is 0.698. The smallest absolute Gasteiger partial charge is 0.315 e. The van der Waals surface area contributed by atoms with Gasteiger partial charge < -0.3 is 19.3 Å². The van der Waals surface area contributed by atoms with E-state index in [9.17, 15) is 9.90 Å². The molecule has 2 aliphatic carbocycles. The highest BCUT2D eigenvalue weighted by molar-refractivity contribution is 5.83. The topological polar surface area (TPSA) is 65.0 Å². The summed E-state index contributed by atoms with van der Waals surface area (Å²) in [5.74, 6) is -0.744. The Bertz CT molecular complexity index is 380. The zero-order valence-corrected chi connectivity index (χ0v) is 11.0. The molecule has 1 aliphatic heterocycles. The molecule has 5 atom stereocenters. The van der Waals surface area contributed by atoms with Gasteiger partial charge in [0, 0.05) is 12.5 Å². The normalized spacial score (nSPS) is 47.6. The van der Waals surface area contributed by atoms with Gasteiger partial charge >= 0.3 is 5.97 Å². The molecule has 0 aromatic rings. The summed E-state index contributed by atoms with van der Waals surface area (Å²) in [5, 5.41) is 9.52. The zero-order valence-electron chi connectivity index (χ0n) is 11.0. The van der Waals surface area contributed by atoms with Gasteiger partial charge in [0.15, 0.2) is 5.79 Å². The third-order valence-electron chi connectivity index (χ3n) is 4.50. The number of hydrogen-bond acceptors (Lipinski definition) is 5. The van der Waals surface area contributed by atoms with Crippen LogP contribution in [0.2, 0.25) is 0 Å². The van der Waals surface area contributed by atoms with Crippen molar-refractivity contribution in [3.05, 3.63) is 0 Å². The van der Waals surface area contributed by atoms with Gasteiger partial charge in [-0.3, -0.25) is 4.79 Å². The van der Waals surface area contributed by atoms with Gasteiger partial charge in [-0.05, 0) is 33.1 Å². The summed E-state index contributed by atoms with van der Waals surface area (Å²) in [6, 6.07) is 0. The number of rotatable bonds is 3. The Morgan fingerprint density at radius 1 is 1.44 bits per heavy atom. The van der Waals surface area contributed by atoms with Gasteiger partial charge in [-0.15, -0.1) is 0 Å². The van der Waals surface area contributed by atoms with Crippen LogP contribution < -0.4 is 0 Å². The second kappa shape index (κ2) is 3.68. The van der Waals surface area contributed by atoms with Crippen LogP contribution in [0.15, 0.2) is 0 Å². The summed E-state index contributed by atoms with van der Waals surface area (Å²) in [4.78, 5) is 12.2. The molecule has 0 aromatic carbocycles. The van der Waals surface area contributed by atoms with E-state index < -0.39 is 11.2 Å². The Morgan fingerprint density at radius 2 is 2.17 bits per heavy atom. The minimum atomic E-state index is -0.685. The molecule has 1 saturated heterocycles. The Morgan fingerprint density at radius 3 is 2.78 bits per heavy atom. The molecule has 5 nitrogen and oxygen atoms in total. The van der Waals surface area contributed by atoms with Crippen LogP contribution in [-0.4, -0.2) is 42.3 Å². The highest BCUT2D eigenvalue weighted by atomic mass is 16.8. The molecule has 3 aliphatic rings. The van der Waals surface area contributed by atoms with Gasteiger partial charge in [0.25, 0.3) is 0 Å². The number of hydrogen-bond donors (Lipinski definition) is 1. The van der Waals surface area contributed by atoms with Crippen molar-refractivity contribution in [3.8, 4) is 0 Å². The molecule has 0 aromatic heterocycles. The molecule has 102 valence electrons. The summed E-state index contributed by atoms with van der Waals surface area (Å²) in [5.41, 5.74) is -0.568. The number of esters is 1. The highest BCUT2D eigenvalue weighted by Gasteiger charge is 2.79. The van der Waals surface area contributed by atoms with E-state index in [1.807, 2.05) is 13.8 Å². The van der Waals surface area contributed by atoms with E-state index in [4.69, 9.17) is 14.2 Å². The van der Waals surface area contributed by atoms with Gasteiger partial charge in [-0.1, -0.05) is 0 Å². The molecule has 0 spiro atoms. The van der Waals surface area contributed by atoms with E-state index in [-0.39, 0.29) is 36.6 Å². The van der Waals surface area contributed by atoms with Crippen LogP contribution in [0.4, 0.5) is 0 Å². The first kappa shape index (κ1) is 12.4. The third kappa shape index (κ3) is 1.41. The number of carbonyl (C=O) groups is 1. The number of fused-ring (bicyclic) bond motifs is 3. The lowest BCUT2D eigenvalue weighted by Crippen LogP contribution is -2.36. The van der Waals surface area contributed by atoms with E-state index in [0.717, 1.165) is 6.42 Å². The first-order chi connectivity index (χ1) is 8.46. The van der Waals surface area contributed by atoms with Crippen molar-refractivity contribution in [3.63, 3.8) is 0 Å². The summed E-state index contributed by atoms with van der Waals surface area (Å²) in [6.07, 6.45) is 0.291. The second-order valence-electron chi connectivity index (χ2n) is 5.94. The quantitative estimate of drug-likeness (QED) is 0.753. The van der Waals surface area contributed by atoms with Crippen molar-refractivity contribution >= 4 is 5.97 Å². The lowest BCUT2D eigenvalue weighted by atomic mass is 9.98. The van der Waals surface area contributed by atoms with Crippen molar-refractivity contribution in [2.24, 2.45) is 17.3 Å². The number of ether oxygens (including phenoxy) is 3. The first-order valence-electron chi connectivity index (χ1n) is 6.60. The fourth-order valence-corrected chi connectivity index (χ4v) is 3.74. The van der Waals surface area contributed by atoms with E-state index in [1.165, 1.54) is 0 Å². The summed E-state index contributed by atoms with van der Waals surface area (Å²) < 4.78 is 16.9. The highest BCUT2D eigenvalue weighted by Crippen LogP contribution is 2.70. The molecule has 0 amide bonds. The molecule has 0 bridgehead atoms. The minimum Gasteiger partial charge on any atom is -0.465 e. The molecule has 3 fully saturated rings. The molecule has 1 N–H and O–H groups in total. The predicted molar refractivity (Wildman–Crippen MR) is 61.6 cm³/mol. The van der Waals surface area contributed by atoms with Crippen LogP contribution in [-0.2, 0) is 19.0 Å². The molecular formula is C13H20O5. The van der Waals surface area contributed by atoms with Crippen molar-refractivity contribution < 1.29 is 24.1 Å². The van der Waals surface area contributed by atoms with E-state index in [1.54, 1.807) is 6.92 Å². The lowest BCUT2D eigenvalue weighted by molar-refractivity contribution is -0.174. The van der Waals surface area contributed by atoms with Crippen molar-refractivity contribution in [1.82, 2.24) is 0 Å². The Labute approximate surface area is 106 Å². The van der Waals surface area contributed by atoms with Crippen molar-refractivity contribution in [2.45, 2.75) is 45.2 Å². The number of carbonyl (C=O) groups excluding carboxylic acids is 1. The standard InChI is InChI=1S/C13H20O5/c1-4-16-11(15)13-5-8(13)7(6-14)9-10(13)18-12(2,3)17-9/h7-10,14H,4-6H2,1-3H3/t7-,8-,9+,10+,13-/m0/s1. The maximum atomic E-state index is 12.2. The number of aliphatic hydroxyl groups excluding tert-OH is 1. The van der Waals surface area contributed by atoms with Crippen LogP contribution in [0, 0.1) is 17.3 Å². The molecule has 1 heterocycles. The minimum absolute atomic E-state index is 0.0128. The number of aliphatic hydroxyl groups is 1. The second-order valence-corrected chi connectivity index (χ2v) is 5.94. The fourth-order valence-electron chi connectivity index (χ4n) is 3.74. The largest absolute Gasteiger partial charge is 0.465 e. The molecule has 18 heavy (non-hydrogen) atoms. The van der Waals surface area contributed by atoms with Crippen LogP contribution in [0.1, 0.15) is 27.2 Å². The monoisotopic (exact) mass is 256 g/mol. The maximum absolute atomic E-state index is 12.2.